The van der Waals surface area contributed by atoms with Crippen LogP contribution in [0.5, 0.6) is 0 Å². The highest BCUT2D eigenvalue weighted by Gasteiger charge is 2.12. The van der Waals surface area contributed by atoms with E-state index >= 15 is 0 Å². The molecule has 0 spiro atoms. The predicted molar refractivity (Wildman–Crippen MR) is 81.2 cm³/mol. The van der Waals surface area contributed by atoms with E-state index in [1.165, 1.54) is 0 Å². The molecule has 20 heavy (non-hydrogen) atoms. The van der Waals surface area contributed by atoms with Crippen molar-refractivity contribution in [2.45, 2.75) is 20.8 Å². The molecule has 0 aliphatic rings. The number of carbonyl (C=O) groups is 1. The summed E-state index contributed by atoms with van der Waals surface area (Å²) in [7, 11) is 0. The number of nitrogens with zero attached hydrogens (tertiary/aromatic N) is 1. The van der Waals surface area contributed by atoms with Crippen LogP contribution in [-0.2, 0) is 0 Å². The maximum atomic E-state index is 11.2. The Morgan fingerprint density at radius 2 is 2.00 bits per heavy atom. The molecule has 0 amide bonds. The van der Waals surface area contributed by atoms with Crippen LogP contribution in [0.1, 0.15) is 31.3 Å². The zero-order valence-corrected chi connectivity index (χ0v) is 12.1. The molecular formula is C16H20N2O2. The lowest BCUT2D eigenvalue weighted by Crippen LogP contribution is -2.17. The average Bonchev–Trinajstić information content (AvgIpc) is 2.43. The van der Waals surface area contributed by atoms with Crippen molar-refractivity contribution in [2.75, 3.05) is 11.9 Å². The molecule has 0 saturated carbocycles. The van der Waals surface area contributed by atoms with Crippen molar-refractivity contribution in [3.63, 3.8) is 0 Å². The number of pyridine rings is 1. The second-order valence-electron chi connectivity index (χ2n) is 5.48. The topological polar surface area (TPSA) is 62.2 Å². The van der Waals surface area contributed by atoms with Crippen molar-refractivity contribution >= 4 is 22.6 Å². The Morgan fingerprint density at radius 3 is 2.65 bits per heavy atom. The second-order valence-corrected chi connectivity index (χ2v) is 5.48. The SMILES string of the molecule is CC(C)C(C)CNc1cc(C(=O)O)nc2ccccc12. The Bertz CT molecular complexity index is 623. The fourth-order valence-electron chi connectivity index (χ4n) is 1.94. The van der Waals surface area contributed by atoms with Crippen LogP contribution in [0.15, 0.2) is 30.3 Å². The predicted octanol–water partition coefficient (Wildman–Crippen LogP) is 3.64. The molecule has 1 aromatic carbocycles. The highest BCUT2D eigenvalue weighted by atomic mass is 16.4. The highest BCUT2D eigenvalue weighted by Crippen LogP contribution is 2.24. The number of rotatable bonds is 5. The Balaban J connectivity index is 2.37. The zero-order valence-electron chi connectivity index (χ0n) is 12.1. The van der Waals surface area contributed by atoms with E-state index in [0.717, 1.165) is 17.6 Å². The number of aromatic carboxylic acids is 1. The van der Waals surface area contributed by atoms with E-state index in [4.69, 9.17) is 5.11 Å². The lowest BCUT2D eigenvalue weighted by atomic mass is 9.98. The van der Waals surface area contributed by atoms with Gasteiger partial charge in [-0.15, -0.1) is 0 Å². The monoisotopic (exact) mass is 272 g/mol. The molecule has 0 bridgehead atoms. The van der Waals surface area contributed by atoms with Gasteiger partial charge in [0.2, 0.25) is 0 Å². The Labute approximate surface area is 118 Å². The molecule has 0 radical (unpaired) electrons. The third-order valence-electron chi connectivity index (χ3n) is 3.69. The Kier molecular flexibility index (Phi) is 4.23. The van der Waals surface area contributed by atoms with Crippen LogP contribution >= 0.6 is 0 Å². The van der Waals surface area contributed by atoms with Gasteiger partial charge in [0.25, 0.3) is 0 Å². The molecule has 4 nitrogen and oxygen atoms in total. The van der Waals surface area contributed by atoms with Gasteiger partial charge in [-0.25, -0.2) is 9.78 Å². The number of aromatic nitrogens is 1. The van der Waals surface area contributed by atoms with Crippen LogP contribution in [0.3, 0.4) is 0 Å². The number of carboxylic acid groups (broad SMARTS) is 1. The summed E-state index contributed by atoms with van der Waals surface area (Å²) in [6.45, 7) is 7.35. The Morgan fingerprint density at radius 1 is 1.30 bits per heavy atom. The van der Waals surface area contributed by atoms with Crippen LogP contribution in [0.4, 0.5) is 5.69 Å². The first kappa shape index (κ1) is 14.3. The first-order chi connectivity index (χ1) is 9.49. The van der Waals surface area contributed by atoms with Crippen molar-refractivity contribution in [3.05, 3.63) is 36.0 Å². The van der Waals surface area contributed by atoms with Crippen molar-refractivity contribution < 1.29 is 9.90 Å². The number of para-hydroxylation sites is 1. The molecule has 1 aromatic heterocycles. The van der Waals surface area contributed by atoms with Gasteiger partial charge >= 0.3 is 5.97 Å². The van der Waals surface area contributed by atoms with Gasteiger partial charge in [0.05, 0.1) is 5.52 Å². The number of nitrogens with one attached hydrogen (secondary N) is 1. The lowest BCUT2D eigenvalue weighted by Gasteiger charge is -2.18. The standard InChI is InChI=1S/C16H20N2O2/c1-10(2)11(3)9-17-14-8-15(16(19)20)18-13-7-5-4-6-12(13)14/h4-8,10-11H,9H2,1-3H3,(H,17,18)(H,19,20). The van der Waals surface area contributed by atoms with Gasteiger partial charge in [-0.2, -0.15) is 0 Å². The lowest BCUT2D eigenvalue weighted by molar-refractivity contribution is 0.0691. The minimum atomic E-state index is -1.00. The van der Waals surface area contributed by atoms with E-state index < -0.39 is 5.97 Å². The maximum absolute atomic E-state index is 11.2. The quantitative estimate of drug-likeness (QED) is 0.872. The highest BCUT2D eigenvalue weighted by molar-refractivity contribution is 5.97. The largest absolute Gasteiger partial charge is 0.477 e. The molecule has 0 saturated heterocycles. The minimum absolute atomic E-state index is 0.0726. The van der Waals surface area contributed by atoms with Crippen LogP contribution < -0.4 is 5.32 Å². The van der Waals surface area contributed by atoms with Crippen LogP contribution in [0.2, 0.25) is 0 Å². The van der Waals surface area contributed by atoms with E-state index in [0.29, 0.717) is 17.4 Å². The Hall–Kier alpha value is -2.10. The summed E-state index contributed by atoms with van der Waals surface area (Å²) in [6.07, 6.45) is 0. The number of anilines is 1. The maximum Gasteiger partial charge on any atom is 0.354 e. The summed E-state index contributed by atoms with van der Waals surface area (Å²) < 4.78 is 0. The van der Waals surface area contributed by atoms with Crippen LogP contribution in [-0.4, -0.2) is 22.6 Å². The van der Waals surface area contributed by atoms with Gasteiger partial charge in [0, 0.05) is 17.6 Å². The number of hydrogen-bond donors (Lipinski definition) is 2. The second kappa shape index (κ2) is 5.90. The molecule has 0 aliphatic carbocycles. The van der Waals surface area contributed by atoms with E-state index in [9.17, 15) is 4.79 Å². The normalized spacial score (nSPS) is 12.6. The van der Waals surface area contributed by atoms with Gasteiger partial charge in [-0.1, -0.05) is 39.0 Å². The summed E-state index contributed by atoms with van der Waals surface area (Å²) in [5, 5.41) is 13.5. The van der Waals surface area contributed by atoms with Crippen LogP contribution in [0, 0.1) is 11.8 Å². The zero-order chi connectivity index (χ0) is 14.7. The molecule has 0 fully saturated rings. The molecule has 1 unspecified atom stereocenters. The van der Waals surface area contributed by atoms with E-state index in [-0.39, 0.29) is 5.69 Å². The van der Waals surface area contributed by atoms with Crippen molar-refractivity contribution in [3.8, 4) is 0 Å². The molecular weight excluding hydrogens is 252 g/mol. The fraction of sp³-hybridized carbons (Fsp3) is 0.375. The third-order valence-corrected chi connectivity index (χ3v) is 3.69. The molecule has 106 valence electrons. The number of benzene rings is 1. The third kappa shape index (κ3) is 3.07. The molecule has 2 N–H and O–H groups in total. The number of hydrogen-bond acceptors (Lipinski definition) is 3. The molecule has 2 aromatic rings. The first-order valence-electron chi connectivity index (χ1n) is 6.86. The van der Waals surface area contributed by atoms with E-state index in [1.807, 2.05) is 24.3 Å². The van der Waals surface area contributed by atoms with Gasteiger partial charge in [-0.3, -0.25) is 0 Å². The minimum Gasteiger partial charge on any atom is -0.477 e. The van der Waals surface area contributed by atoms with Crippen molar-refractivity contribution in [1.82, 2.24) is 4.98 Å². The summed E-state index contributed by atoms with van der Waals surface area (Å²) in [5.41, 5.74) is 1.61. The van der Waals surface area contributed by atoms with E-state index in [1.54, 1.807) is 6.07 Å². The summed E-state index contributed by atoms with van der Waals surface area (Å²) in [4.78, 5) is 15.3. The van der Waals surface area contributed by atoms with Crippen molar-refractivity contribution in [1.29, 1.82) is 0 Å². The van der Waals surface area contributed by atoms with E-state index in [2.05, 4.69) is 31.1 Å². The van der Waals surface area contributed by atoms with Crippen LogP contribution in [0.25, 0.3) is 10.9 Å². The van der Waals surface area contributed by atoms with Gasteiger partial charge in [-0.05, 0) is 24.0 Å². The molecule has 4 heteroatoms. The smallest absolute Gasteiger partial charge is 0.354 e. The molecule has 1 atom stereocenters. The number of carboxylic acids is 1. The summed E-state index contributed by atoms with van der Waals surface area (Å²) >= 11 is 0. The summed E-state index contributed by atoms with van der Waals surface area (Å²) in [5.74, 6) is 0.0838. The number of fused-ring (bicyclic) bond motifs is 1. The molecule has 1 heterocycles. The van der Waals surface area contributed by atoms with Gasteiger partial charge in [0.15, 0.2) is 5.69 Å². The fourth-order valence-corrected chi connectivity index (χ4v) is 1.94. The average molecular weight is 272 g/mol. The molecule has 0 aliphatic heterocycles. The molecule has 2 rings (SSSR count). The van der Waals surface area contributed by atoms with Gasteiger partial charge < -0.3 is 10.4 Å². The first-order valence-corrected chi connectivity index (χ1v) is 6.86. The van der Waals surface area contributed by atoms with Gasteiger partial charge in [0.1, 0.15) is 0 Å². The van der Waals surface area contributed by atoms with Crippen molar-refractivity contribution in [2.24, 2.45) is 11.8 Å². The summed E-state index contributed by atoms with van der Waals surface area (Å²) in [6, 6.07) is 9.19.